The number of aromatic nitrogens is 2. The molecule has 1 aromatic heterocycles. The van der Waals surface area contributed by atoms with Crippen molar-refractivity contribution in [2.75, 3.05) is 0 Å². The molecule has 4 heteroatoms. The first-order valence-electron chi connectivity index (χ1n) is 4.19. The van der Waals surface area contributed by atoms with Gasteiger partial charge in [0.25, 0.3) is 0 Å². The first-order chi connectivity index (χ1) is 6.06. The largest absolute Gasteiger partial charge is 0.303 e. The summed E-state index contributed by atoms with van der Waals surface area (Å²) in [7, 11) is 1.89. The second-order valence-electron chi connectivity index (χ2n) is 3.29. The van der Waals surface area contributed by atoms with Gasteiger partial charge < -0.3 is 4.79 Å². The minimum absolute atomic E-state index is 0.0473. The third kappa shape index (κ3) is 2.18. The number of rotatable bonds is 3. The summed E-state index contributed by atoms with van der Waals surface area (Å²) in [6, 6.07) is 0. The van der Waals surface area contributed by atoms with E-state index in [1.165, 1.54) is 0 Å². The predicted molar refractivity (Wildman–Crippen MR) is 54.6 cm³/mol. The van der Waals surface area contributed by atoms with E-state index in [0.717, 1.165) is 28.6 Å². The molecule has 0 spiro atoms. The van der Waals surface area contributed by atoms with Crippen LogP contribution in [0.1, 0.15) is 18.3 Å². The third-order valence-corrected chi connectivity index (χ3v) is 3.04. The Labute approximate surface area is 86.3 Å². The van der Waals surface area contributed by atoms with Gasteiger partial charge in [0.1, 0.15) is 6.29 Å². The molecule has 1 rings (SSSR count). The molecule has 0 aliphatic heterocycles. The number of nitrogens with zero attached hydrogens (tertiary/aromatic N) is 2. The summed E-state index contributed by atoms with van der Waals surface area (Å²) in [5, 5.41) is 4.25. The van der Waals surface area contributed by atoms with E-state index in [2.05, 4.69) is 21.0 Å². The Morgan fingerprint density at radius 1 is 1.69 bits per heavy atom. The van der Waals surface area contributed by atoms with Crippen LogP contribution in [0.25, 0.3) is 0 Å². The Balaban J connectivity index is 2.93. The fraction of sp³-hybridized carbons (Fsp3) is 0.556. The maximum Gasteiger partial charge on any atom is 0.123 e. The van der Waals surface area contributed by atoms with Crippen molar-refractivity contribution in [3.63, 3.8) is 0 Å². The average Bonchev–Trinajstić information content (AvgIpc) is 2.32. The number of aryl methyl sites for hydroxylation is 2. The van der Waals surface area contributed by atoms with Gasteiger partial charge in [0.2, 0.25) is 0 Å². The van der Waals surface area contributed by atoms with Crippen LogP contribution in [-0.4, -0.2) is 16.1 Å². The highest BCUT2D eigenvalue weighted by Crippen LogP contribution is 2.22. The second kappa shape index (κ2) is 4.05. The van der Waals surface area contributed by atoms with Crippen molar-refractivity contribution in [1.82, 2.24) is 9.78 Å². The lowest BCUT2D eigenvalue weighted by Gasteiger charge is -2.04. The summed E-state index contributed by atoms with van der Waals surface area (Å²) in [4.78, 5) is 10.5. The highest BCUT2D eigenvalue weighted by molar-refractivity contribution is 9.10. The van der Waals surface area contributed by atoms with Crippen LogP contribution in [0.15, 0.2) is 4.47 Å². The Morgan fingerprint density at radius 2 is 2.31 bits per heavy atom. The Hall–Kier alpha value is -0.640. The molecule has 1 unspecified atom stereocenters. The maximum absolute atomic E-state index is 10.5. The lowest BCUT2D eigenvalue weighted by Crippen LogP contribution is -2.06. The molecule has 0 radical (unpaired) electrons. The number of aldehydes is 1. The molecule has 1 atom stereocenters. The summed E-state index contributed by atoms with van der Waals surface area (Å²) in [6.45, 7) is 3.85. The topological polar surface area (TPSA) is 34.9 Å². The van der Waals surface area contributed by atoms with Crippen molar-refractivity contribution in [2.24, 2.45) is 13.0 Å². The lowest BCUT2D eigenvalue weighted by molar-refractivity contribution is -0.110. The monoisotopic (exact) mass is 244 g/mol. The van der Waals surface area contributed by atoms with Crippen LogP contribution < -0.4 is 0 Å². The van der Waals surface area contributed by atoms with Crippen molar-refractivity contribution in [3.05, 3.63) is 15.9 Å². The summed E-state index contributed by atoms with van der Waals surface area (Å²) < 4.78 is 2.84. The van der Waals surface area contributed by atoms with Crippen LogP contribution in [-0.2, 0) is 18.3 Å². The Morgan fingerprint density at radius 3 is 2.69 bits per heavy atom. The number of carbonyl (C=O) groups is 1. The van der Waals surface area contributed by atoms with Gasteiger partial charge in [0.05, 0.1) is 15.9 Å². The van der Waals surface area contributed by atoms with E-state index in [1.807, 2.05) is 25.6 Å². The van der Waals surface area contributed by atoms with E-state index >= 15 is 0 Å². The Bertz CT molecular complexity index is 320. The molecule has 0 saturated carbocycles. The molecule has 13 heavy (non-hydrogen) atoms. The van der Waals surface area contributed by atoms with Crippen LogP contribution in [0.3, 0.4) is 0 Å². The molecule has 0 aromatic carbocycles. The molecular weight excluding hydrogens is 232 g/mol. The van der Waals surface area contributed by atoms with Gasteiger partial charge in [-0.05, 0) is 29.3 Å². The summed E-state index contributed by atoms with van der Waals surface area (Å²) in [6.07, 6.45) is 1.70. The van der Waals surface area contributed by atoms with E-state index in [-0.39, 0.29) is 5.92 Å². The number of hydrogen-bond acceptors (Lipinski definition) is 2. The van der Waals surface area contributed by atoms with Crippen molar-refractivity contribution in [1.29, 1.82) is 0 Å². The van der Waals surface area contributed by atoms with Crippen molar-refractivity contribution in [3.8, 4) is 0 Å². The lowest BCUT2D eigenvalue weighted by atomic mass is 10.1. The first-order valence-corrected chi connectivity index (χ1v) is 4.98. The van der Waals surface area contributed by atoms with E-state index in [1.54, 1.807) is 0 Å². The molecule has 0 saturated heterocycles. The Kier molecular flexibility index (Phi) is 3.25. The van der Waals surface area contributed by atoms with Crippen LogP contribution in [0.5, 0.6) is 0 Å². The van der Waals surface area contributed by atoms with Gasteiger partial charge in [-0.2, -0.15) is 5.10 Å². The van der Waals surface area contributed by atoms with Gasteiger partial charge in [-0.1, -0.05) is 6.92 Å². The van der Waals surface area contributed by atoms with Crippen LogP contribution in [0.4, 0.5) is 0 Å². The average molecular weight is 245 g/mol. The van der Waals surface area contributed by atoms with E-state index < -0.39 is 0 Å². The molecule has 0 aliphatic carbocycles. The van der Waals surface area contributed by atoms with Crippen LogP contribution >= 0.6 is 15.9 Å². The number of hydrogen-bond donors (Lipinski definition) is 0. The molecular formula is C9H13BrN2O. The zero-order chi connectivity index (χ0) is 10.0. The smallest absolute Gasteiger partial charge is 0.123 e. The van der Waals surface area contributed by atoms with Gasteiger partial charge in [-0.3, -0.25) is 4.68 Å². The molecule has 0 amide bonds. The van der Waals surface area contributed by atoms with Gasteiger partial charge in [0, 0.05) is 13.0 Å². The molecule has 0 bridgehead atoms. The summed E-state index contributed by atoms with van der Waals surface area (Å²) in [5.41, 5.74) is 2.05. The van der Waals surface area contributed by atoms with Gasteiger partial charge in [-0.15, -0.1) is 0 Å². The minimum atomic E-state index is 0.0473. The van der Waals surface area contributed by atoms with Gasteiger partial charge >= 0.3 is 0 Å². The highest BCUT2D eigenvalue weighted by atomic mass is 79.9. The SMILES string of the molecule is Cc1nn(C)c(CC(C)C=O)c1Br. The predicted octanol–water partition coefficient (Wildman–Crippen LogP) is 1.87. The fourth-order valence-electron chi connectivity index (χ4n) is 1.25. The zero-order valence-electron chi connectivity index (χ0n) is 8.04. The molecule has 1 aromatic rings. The second-order valence-corrected chi connectivity index (χ2v) is 4.08. The summed E-state index contributed by atoms with van der Waals surface area (Å²) in [5.74, 6) is 0.0473. The molecule has 0 aliphatic rings. The summed E-state index contributed by atoms with van der Waals surface area (Å²) >= 11 is 3.46. The first kappa shape index (κ1) is 10.4. The van der Waals surface area contributed by atoms with Crippen molar-refractivity contribution in [2.45, 2.75) is 20.3 Å². The third-order valence-electron chi connectivity index (χ3n) is 2.01. The van der Waals surface area contributed by atoms with Crippen molar-refractivity contribution < 1.29 is 4.79 Å². The molecule has 72 valence electrons. The zero-order valence-corrected chi connectivity index (χ0v) is 9.63. The minimum Gasteiger partial charge on any atom is -0.303 e. The molecule has 1 heterocycles. The van der Waals surface area contributed by atoms with E-state index in [9.17, 15) is 4.79 Å². The number of halogens is 1. The van der Waals surface area contributed by atoms with E-state index in [4.69, 9.17) is 0 Å². The normalized spacial score (nSPS) is 12.9. The van der Waals surface area contributed by atoms with Gasteiger partial charge in [0.15, 0.2) is 0 Å². The van der Waals surface area contributed by atoms with Crippen LogP contribution in [0, 0.1) is 12.8 Å². The quantitative estimate of drug-likeness (QED) is 0.762. The standard InChI is InChI=1S/C9H13BrN2O/c1-6(5-13)4-8-9(10)7(2)11-12(8)3/h5-6H,4H2,1-3H3. The van der Waals surface area contributed by atoms with Crippen molar-refractivity contribution >= 4 is 22.2 Å². The maximum atomic E-state index is 10.5. The van der Waals surface area contributed by atoms with E-state index in [0.29, 0.717) is 0 Å². The molecule has 3 nitrogen and oxygen atoms in total. The van der Waals surface area contributed by atoms with Crippen LogP contribution in [0.2, 0.25) is 0 Å². The highest BCUT2D eigenvalue weighted by Gasteiger charge is 2.12. The molecule has 0 fully saturated rings. The number of carbonyl (C=O) groups excluding carboxylic acids is 1. The molecule has 0 N–H and O–H groups in total. The van der Waals surface area contributed by atoms with Gasteiger partial charge in [-0.25, -0.2) is 0 Å². The fourth-order valence-corrected chi connectivity index (χ4v) is 1.75.